The van der Waals surface area contributed by atoms with Crippen LogP contribution in [0.5, 0.6) is 5.75 Å². The van der Waals surface area contributed by atoms with Crippen molar-refractivity contribution < 1.29 is 37.3 Å². The molecule has 0 aromatic heterocycles. The van der Waals surface area contributed by atoms with Crippen LogP contribution < -0.4 is 15.4 Å². The van der Waals surface area contributed by atoms with E-state index in [0.29, 0.717) is 62.9 Å². The number of halogens is 3. The van der Waals surface area contributed by atoms with Gasteiger partial charge in [0.05, 0.1) is 24.9 Å². The summed E-state index contributed by atoms with van der Waals surface area (Å²) >= 11 is 0. The number of nitrogens with zero attached hydrogens (tertiary/aromatic N) is 1. The van der Waals surface area contributed by atoms with Crippen molar-refractivity contribution in [1.82, 2.24) is 15.5 Å². The van der Waals surface area contributed by atoms with Gasteiger partial charge in [-0.2, -0.15) is 13.2 Å². The normalized spacial score (nSPS) is 17.0. The summed E-state index contributed by atoms with van der Waals surface area (Å²) in [5.74, 6) is -0.161. The number of alkyl carbamates (subject to hydrolysis) is 1. The van der Waals surface area contributed by atoms with E-state index in [-0.39, 0.29) is 30.2 Å². The number of hydrogen-bond acceptors (Lipinski definition) is 6. The summed E-state index contributed by atoms with van der Waals surface area (Å²) in [6, 6.07) is 10.1. The smallest absolute Gasteiger partial charge is 0.416 e. The largest absolute Gasteiger partial charge is 0.496 e. The Bertz CT molecular complexity index is 1180. The zero-order valence-corrected chi connectivity index (χ0v) is 23.9. The molecule has 2 atom stereocenters. The standard InChI is InChI=1S/C30H40F3N3O5/c1-34-16-6-12-27(37)36-17-7-9-22(20-36)29(39,15-8-18-41-28(38)35-2)25-11-5-4-10-23(25)24-19-21(30(31,32)33)13-14-26(24)40-3/h4-5,10-11,13-14,19,22,34,39H,6-9,12,15-18,20H2,1-3H3,(H,35,38). The molecule has 8 nitrogen and oxygen atoms in total. The third-order valence-electron chi connectivity index (χ3n) is 7.62. The summed E-state index contributed by atoms with van der Waals surface area (Å²) in [5.41, 5.74) is -1.32. The summed E-state index contributed by atoms with van der Waals surface area (Å²) in [4.78, 5) is 26.4. The second kappa shape index (κ2) is 14.5. The molecule has 2 aromatic carbocycles. The fourth-order valence-corrected chi connectivity index (χ4v) is 5.50. The highest BCUT2D eigenvalue weighted by Gasteiger charge is 2.43. The van der Waals surface area contributed by atoms with Gasteiger partial charge in [-0.1, -0.05) is 24.3 Å². The molecule has 1 saturated heterocycles. The molecule has 1 aliphatic heterocycles. The molecule has 41 heavy (non-hydrogen) atoms. The van der Waals surface area contributed by atoms with Gasteiger partial charge in [0.1, 0.15) is 5.75 Å². The van der Waals surface area contributed by atoms with Crippen LogP contribution in [0.25, 0.3) is 11.1 Å². The lowest BCUT2D eigenvalue weighted by atomic mass is 9.72. The van der Waals surface area contributed by atoms with E-state index in [0.717, 1.165) is 12.1 Å². The van der Waals surface area contributed by atoms with Crippen molar-refractivity contribution in [1.29, 1.82) is 0 Å². The predicted octanol–water partition coefficient (Wildman–Crippen LogP) is 4.94. The molecule has 1 fully saturated rings. The molecule has 0 aliphatic carbocycles. The number of benzene rings is 2. The first-order valence-corrected chi connectivity index (χ1v) is 13.9. The molecular formula is C30H40F3N3O5. The highest BCUT2D eigenvalue weighted by atomic mass is 19.4. The van der Waals surface area contributed by atoms with Crippen LogP contribution in [-0.2, 0) is 21.3 Å². The van der Waals surface area contributed by atoms with Crippen LogP contribution in [0.3, 0.4) is 0 Å². The van der Waals surface area contributed by atoms with Gasteiger partial charge in [-0.15, -0.1) is 0 Å². The molecule has 2 aromatic rings. The second-order valence-corrected chi connectivity index (χ2v) is 10.3. The lowest BCUT2D eigenvalue weighted by Gasteiger charge is -2.43. The molecule has 0 saturated carbocycles. The van der Waals surface area contributed by atoms with Gasteiger partial charge in [-0.05, 0) is 75.0 Å². The van der Waals surface area contributed by atoms with Crippen molar-refractivity contribution in [3.05, 3.63) is 53.6 Å². The number of carbonyl (C=O) groups excluding carboxylic acids is 2. The average molecular weight is 580 g/mol. The van der Waals surface area contributed by atoms with E-state index >= 15 is 0 Å². The Morgan fingerprint density at radius 3 is 2.54 bits per heavy atom. The van der Waals surface area contributed by atoms with E-state index in [1.165, 1.54) is 20.2 Å². The van der Waals surface area contributed by atoms with E-state index in [1.807, 2.05) is 7.05 Å². The van der Waals surface area contributed by atoms with Crippen LogP contribution in [0.2, 0.25) is 0 Å². The third kappa shape index (κ3) is 8.13. The molecule has 2 unspecified atom stereocenters. The van der Waals surface area contributed by atoms with Crippen LogP contribution in [0.1, 0.15) is 49.7 Å². The zero-order chi connectivity index (χ0) is 30.0. The number of ether oxygens (including phenoxy) is 2. The Morgan fingerprint density at radius 2 is 1.85 bits per heavy atom. The quantitative estimate of drug-likeness (QED) is 0.308. The number of amides is 2. The molecule has 2 amide bonds. The van der Waals surface area contributed by atoms with Gasteiger partial charge in [0, 0.05) is 38.0 Å². The van der Waals surface area contributed by atoms with E-state index in [1.54, 1.807) is 29.2 Å². The van der Waals surface area contributed by atoms with Crippen molar-refractivity contribution in [2.24, 2.45) is 5.92 Å². The topological polar surface area (TPSA) is 100 Å². The first-order chi connectivity index (χ1) is 19.5. The predicted molar refractivity (Wildman–Crippen MR) is 149 cm³/mol. The lowest BCUT2D eigenvalue weighted by molar-refractivity contribution is -0.138. The average Bonchev–Trinajstić information content (AvgIpc) is 2.98. The first-order valence-electron chi connectivity index (χ1n) is 13.9. The van der Waals surface area contributed by atoms with Crippen LogP contribution in [-0.4, -0.2) is 69.5 Å². The fourth-order valence-electron chi connectivity index (χ4n) is 5.50. The Kier molecular flexibility index (Phi) is 11.4. The number of alkyl halides is 3. The minimum Gasteiger partial charge on any atom is -0.496 e. The maximum Gasteiger partial charge on any atom is 0.416 e. The molecule has 226 valence electrons. The molecule has 3 N–H and O–H groups in total. The van der Waals surface area contributed by atoms with Crippen molar-refractivity contribution in [3.8, 4) is 16.9 Å². The van der Waals surface area contributed by atoms with Crippen LogP contribution in [0, 0.1) is 5.92 Å². The third-order valence-corrected chi connectivity index (χ3v) is 7.62. The summed E-state index contributed by atoms with van der Waals surface area (Å²) in [7, 11) is 4.66. The van der Waals surface area contributed by atoms with Crippen LogP contribution >= 0.6 is 0 Å². The highest BCUT2D eigenvalue weighted by molar-refractivity contribution is 5.77. The zero-order valence-electron chi connectivity index (χ0n) is 23.9. The minimum atomic E-state index is -4.57. The molecule has 0 bridgehead atoms. The Morgan fingerprint density at radius 1 is 1.10 bits per heavy atom. The van der Waals surface area contributed by atoms with Gasteiger partial charge in [-0.3, -0.25) is 4.79 Å². The van der Waals surface area contributed by atoms with E-state index in [4.69, 9.17) is 9.47 Å². The number of hydrogen-bond donors (Lipinski definition) is 3. The van der Waals surface area contributed by atoms with Crippen LogP contribution in [0.4, 0.5) is 18.0 Å². The number of nitrogens with one attached hydrogen (secondary N) is 2. The number of likely N-dealkylation sites (tertiary alicyclic amines) is 1. The summed E-state index contributed by atoms with van der Waals surface area (Å²) in [6.07, 6.45) is -2.35. The van der Waals surface area contributed by atoms with Crippen molar-refractivity contribution in [2.75, 3.05) is 47.4 Å². The summed E-state index contributed by atoms with van der Waals surface area (Å²) in [5, 5.41) is 17.9. The molecule has 0 radical (unpaired) electrons. The number of aliphatic hydroxyl groups is 1. The van der Waals surface area contributed by atoms with Crippen LogP contribution in [0.15, 0.2) is 42.5 Å². The first kappa shape index (κ1) is 32.2. The number of carbonyl (C=O) groups is 2. The monoisotopic (exact) mass is 579 g/mol. The van der Waals surface area contributed by atoms with Gasteiger partial charge in [0.25, 0.3) is 0 Å². The maximum absolute atomic E-state index is 13.7. The number of piperidine rings is 1. The SMILES string of the molecule is CNCCCC(=O)N1CCCC(C(O)(CCCOC(=O)NC)c2ccccc2-c2cc(C(F)(F)F)ccc2OC)C1. The molecule has 1 aliphatic rings. The van der Waals surface area contributed by atoms with Gasteiger partial charge in [0.15, 0.2) is 0 Å². The fraction of sp³-hybridized carbons (Fsp3) is 0.533. The van der Waals surface area contributed by atoms with Crippen molar-refractivity contribution in [2.45, 2.75) is 50.3 Å². The summed E-state index contributed by atoms with van der Waals surface area (Å²) < 4.78 is 51.7. The van der Waals surface area contributed by atoms with Gasteiger partial charge in [0.2, 0.25) is 5.91 Å². The number of methoxy groups -OCH3 is 1. The second-order valence-electron chi connectivity index (χ2n) is 10.3. The van der Waals surface area contributed by atoms with Crippen molar-refractivity contribution >= 4 is 12.0 Å². The number of rotatable bonds is 12. The van der Waals surface area contributed by atoms with E-state index in [9.17, 15) is 27.9 Å². The molecule has 11 heteroatoms. The van der Waals surface area contributed by atoms with Gasteiger partial charge in [-0.25, -0.2) is 4.79 Å². The Balaban J connectivity index is 2.04. The minimum absolute atomic E-state index is 0.00285. The molecule has 3 rings (SSSR count). The maximum atomic E-state index is 13.7. The van der Waals surface area contributed by atoms with E-state index in [2.05, 4.69) is 10.6 Å². The molecular weight excluding hydrogens is 539 g/mol. The highest BCUT2D eigenvalue weighted by Crippen LogP contribution is 2.46. The van der Waals surface area contributed by atoms with Crippen molar-refractivity contribution in [3.63, 3.8) is 0 Å². The Hall–Kier alpha value is -3.31. The lowest BCUT2D eigenvalue weighted by Crippen LogP contribution is -2.48. The molecule has 0 spiro atoms. The van der Waals surface area contributed by atoms with E-state index < -0.39 is 29.4 Å². The molecule has 1 heterocycles. The van der Waals surface area contributed by atoms with Gasteiger partial charge < -0.3 is 30.1 Å². The van der Waals surface area contributed by atoms with Gasteiger partial charge >= 0.3 is 12.3 Å². The summed E-state index contributed by atoms with van der Waals surface area (Å²) in [6.45, 7) is 1.63. The Labute approximate surface area is 239 Å².